The summed E-state index contributed by atoms with van der Waals surface area (Å²) in [7, 11) is 2.80. The summed E-state index contributed by atoms with van der Waals surface area (Å²) in [5.41, 5.74) is 3.68. The number of esters is 1. The largest absolute Gasteiger partial charge is 0.504 e. The van der Waals surface area contributed by atoms with Crippen molar-refractivity contribution in [3.63, 3.8) is 0 Å². The lowest BCUT2D eigenvalue weighted by molar-refractivity contribution is -0.134. The van der Waals surface area contributed by atoms with Crippen LogP contribution in [0.25, 0.3) is 22.9 Å². The highest BCUT2D eigenvalue weighted by Crippen LogP contribution is 2.43. The fourth-order valence-corrected chi connectivity index (χ4v) is 4.11. The summed E-state index contributed by atoms with van der Waals surface area (Å²) in [5.74, 6) is -0.0951. The summed E-state index contributed by atoms with van der Waals surface area (Å²) < 4.78 is 11.5. The van der Waals surface area contributed by atoms with E-state index in [0.29, 0.717) is 16.3 Å². The maximum absolute atomic E-state index is 12.7. The molecule has 7 heteroatoms. The van der Waals surface area contributed by atoms with E-state index >= 15 is 0 Å². The second kappa shape index (κ2) is 6.44. The number of benzene rings is 1. The van der Waals surface area contributed by atoms with Crippen molar-refractivity contribution in [1.82, 2.24) is 4.57 Å². The van der Waals surface area contributed by atoms with Crippen LogP contribution >= 0.6 is 11.3 Å². The molecule has 27 heavy (non-hydrogen) atoms. The highest BCUT2D eigenvalue weighted by Gasteiger charge is 2.32. The van der Waals surface area contributed by atoms with Gasteiger partial charge in [0.25, 0.3) is 0 Å². The van der Waals surface area contributed by atoms with Gasteiger partial charge in [-0.25, -0.2) is 4.79 Å². The first kappa shape index (κ1) is 17.1. The molecule has 2 aromatic heterocycles. The number of thiophene rings is 1. The van der Waals surface area contributed by atoms with E-state index in [-0.39, 0.29) is 11.5 Å². The molecule has 0 saturated heterocycles. The fraction of sp³-hybridized carbons (Fsp3) is 0.100. The molecule has 1 N–H and O–H groups in total. The van der Waals surface area contributed by atoms with Crippen molar-refractivity contribution in [2.24, 2.45) is 0 Å². The van der Waals surface area contributed by atoms with E-state index in [4.69, 9.17) is 4.74 Å². The van der Waals surface area contributed by atoms with Crippen LogP contribution in [0.5, 0.6) is 11.5 Å². The number of nitrogens with zero attached hydrogens (tertiary/aromatic N) is 1. The number of aromatic nitrogens is 1. The monoisotopic (exact) mass is 381 g/mol. The smallest absolute Gasteiger partial charge is 0.330 e. The van der Waals surface area contributed by atoms with Crippen LogP contribution in [0.3, 0.4) is 0 Å². The predicted octanol–water partition coefficient (Wildman–Crippen LogP) is 3.65. The predicted molar refractivity (Wildman–Crippen MR) is 102 cm³/mol. The highest BCUT2D eigenvalue weighted by atomic mass is 32.1. The summed E-state index contributed by atoms with van der Waals surface area (Å²) in [6.45, 7) is 0. The van der Waals surface area contributed by atoms with Gasteiger partial charge in [-0.1, -0.05) is 6.07 Å². The number of hydrogen-bond acceptors (Lipinski definition) is 6. The summed E-state index contributed by atoms with van der Waals surface area (Å²) in [4.78, 5) is 24.7. The molecule has 0 radical (unpaired) electrons. The van der Waals surface area contributed by atoms with Gasteiger partial charge in [0.15, 0.2) is 11.5 Å². The quantitative estimate of drug-likeness (QED) is 0.431. The van der Waals surface area contributed by atoms with Crippen LogP contribution < -0.4 is 4.74 Å². The molecule has 0 saturated carbocycles. The lowest BCUT2D eigenvalue weighted by Crippen LogP contribution is -1.94. The van der Waals surface area contributed by atoms with Crippen LogP contribution in [-0.2, 0) is 9.53 Å². The first-order valence-electron chi connectivity index (χ1n) is 8.06. The van der Waals surface area contributed by atoms with Gasteiger partial charge >= 0.3 is 5.97 Å². The molecule has 1 aromatic carbocycles. The average molecular weight is 381 g/mol. The van der Waals surface area contributed by atoms with Gasteiger partial charge < -0.3 is 19.1 Å². The Hall–Kier alpha value is -3.32. The van der Waals surface area contributed by atoms with Crippen LogP contribution in [-0.4, -0.2) is 35.6 Å². The Morgan fingerprint density at radius 3 is 2.78 bits per heavy atom. The Morgan fingerprint density at radius 2 is 2.07 bits per heavy atom. The van der Waals surface area contributed by atoms with Crippen molar-refractivity contribution in [2.75, 3.05) is 14.2 Å². The summed E-state index contributed by atoms with van der Waals surface area (Å²) in [5, 5.41) is 12.0. The molecule has 1 aliphatic heterocycles. The number of ether oxygens (including phenoxy) is 2. The Bertz CT molecular complexity index is 1110. The Kier molecular flexibility index (Phi) is 4.08. The van der Waals surface area contributed by atoms with Crippen molar-refractivity contribution in [3.8, 4) is 28.3 Å². The SMILES string of the molecule is COC(=O)/C=C/c1cc2n(c1)-c1c(-c3ccc(OC)c(O)c3)csc1C2=O. The summed E-state index contributed by atoms with van der Waals surface area (Å²) >= 11 is 1.37. The number of phenolic OH excluding ortho intramolecular Hbond substituents is 1. The molecule has 6 nitrogen and oxygen atoms in total. The van der Waals surface area contributed by atoms with Crippen LogP contribution in [0.1, 0.15) is 20.9 Å². The highest BCUT2D eigenvalue weighted by molar-refractivity contribution is 7.13. The van der Waals surface area contributed by atoms with E-state index in [1.165, 1.54) is 31.6 Å². The maximum Gasteiger partial charge on any atom is 0.330 e. The molecule has 4 rings (SSSR count). The Morgan fingerprint density at radius 1 is 1.26 bits per heavy atom. The fourth-order valence-electron chi connectivity index (χ4n) is 3.10. The van der Waals surface area contributed by atoms with Crippen LogP contribution in [0.2, 0.25) is 0 Å². The molecular formula is C20H15NO5S. The minimum absolute atomic E-state index is 0.0358. The van der Waals surface area contributed by atoms with Crippen molar-refractivity contribution in [3.05, 3.63) is 58.1 Å². The number of rotatable bonds is 4. The number of aromatic hydroxyl groups is 1. The van der Waals surface area contributed by atoms with Crippen LogP contribution in [0.15, 0.2) is 41.9 Å². The molecule has 0 unspecified atom stereocenters. The molecule has 0 bridgehead atoms. The second-order valence-electron chi connectivity index (χ2n) is 5.93. The summed E-state index contributed by atoms with van der Waals surface area (Å²) in [6.07, 6.45) is 4.72. The molecule has 0 amide bonds. The van der Waals surface area contributed by atoms with Crippen molar-refractivity contribution in [1.29, 1.82) is 0 Å². The molecular weight excluding hydrogens is 366 g/mol. The molecule has 0 atom stereocenters. The standard InChI is InChI=1S/C20H15NO5S/c1-25-16-5-4-12(8-15(16)22)13-10-27-20-18(13)21-9-11(3-6-17(23)26-2)7-14(21)19(20)24/h3-10,22H,1-2H3/b6-3+. The zero-order chi connectivity index (χ0) is 19.1. The van der Waals surface area contributed by atoms with Gasteiger partial charge in [0, 0.05) is 23.2 Å². The molecule has 0 spiro atoms. The minimum atomic E-state index is -0.460. The third-order valence-electron chi connectivity index (χ3n) is 4.39. The summed E-state index contributed by atoms with van der Waals surface area (Å²) in [6, 6.07) is 6.88. The molecule has 136 valence electrons. The van der Waals surface area contributed by atoms with E-state index in [9.17, 15) is 14.7 Å². The van der Waals surface area contributed by atoms with E-state index in [2.05, 4.69) is 4.74 Å². The van der Waals surface area contributed by atoms with Gasteiger partial charge in [0.1, 0.15) is 4.88 Å². The number of hydrogen-bond donors (Lipinski definition) is 1. The number of fused-ring (bicyclic) bond motifs is 3. The van der Waals surface area contributed by atoms with Crippen molar-refractivity contribution in [2.45, 2.75) is 0 Å². The van der Waals surface area contributed by atoms with Crippen molar-refractivity contribution >= 4 is 29.2 Å². The third kappa shape index (κ3) is 2.72. The zero-order valence-corrected chi connectivity index (χ0v) is 15.4. The zero-order valence-electron chi connectivity index (χ0n) is 14.6. The van der Waals surface area contributed by atoms with Crippen LogP contribution in [0.4, 0.5) is 0 Å². The number of phenols is 1. The number of ketones is 1. The van der Waals surface area contributed by atoms with Gasteiger partial charge in [-0.2, -0.15) is 0 Å². The van der Waals surface area contributed by atoms with E-state index in [0.717, 1.165) is 22.4 Å². The maximum atomic E-state index is 12.7. The Labute approximate surface area is 158 Å². The van der Waals surface area contributed by atoms with Gasteiger partial charge in [0.2, 0.25) is 5.78 Å². The first-order chi connectivity index (χ1) is 13.0. The third-order valence-corrected chi connectivity index (χ3v) is 5.36. The van der Waals surface area contributed by atoms with Crippen molar-refractivity contribution < 1.29 is 24.2 Å². The average Bonchev–Trinajstić information content (AvgIpc) is 3.34. The van der Waals surface area contributed by atoms with Gasteiger partial charge in [-0.3, -0.25) is 4.79 Å². The lowest BCUT2D eigenvalue weighted by Gasteiger charge is -2.08. The van der Waals surface area contributed by atoms with Gasteiger partial charge in [-0.05, 0) is 35.4 Å². The number of carbonyl (C=O) groups excluding carboxylic acids is 2. The van der Waals surface area contributed by atoms with Crippen LogP contribution in [0, 0.1) is 0 Å². The van der Waals surface area contributed by atoms with E-state index in [1.807, 2.05) is 16.0 Å². The number of carbonyl (C=O) groups is 2. The normalized spacial score (nSPS) is 12.3. The molecule has 3 heterocycles. The topological polar surface area (TPSA) is 77.8 Å². The van der Waals surface area contributed by atoms with E-state index in [1.54, 1.807) is 30.5 Å². The number of methoxy groups -OCH3 is 2. The first-order valence-corrected chi connectivity index (χ1v) is 8.93. The molecule has 0 fully saturated rings. The molecule has 3 aromatic rings. The van der Waals surface area contributed by atoms with Gasteiger partial charge in [0.05, 0.1) is 25.6 Å². The van der Waals surface area contributed by atoms with E-state index < -0.39 is 5.97 Å². The molecule has 1 aliphatic rings. The molecule has 0 aliphatic carbocycles. The second-order valence-corrected chi connectivity index (χ2v) is 6.81. The lowest BCUT2D eigenvalue weighted by atomic mass is 10.1. The Balaban J connectivity index is 1.79. The van der Waals surface area contributed by atoms with Gasteiger partial charge in [-0.15, -0.1) is 11.3 Å². The minimum Gasteiger partial charge on any atom is -0.504 e.